The molecule has 0 spiro atoms. The summed E-state index contributed by atoms with van der Waals surface area (Å²) in [6.45, 7) is 7.06. The van der Waals surface area contributed by atoms with E-state index in [1.54, 1.807) is 13.0 Å². The normalized spacial score (nSPS) is 12.4. The van der Waals surface area contributed by atoms with Crippen LogP contribution in [0.25, 0.3) is 0 Å². The van der Waals surface area contributed by atoms with E-state index in [2.05, 4.69) is 10.2 Å². The number of rotatable bonds is 5. The number of benzene rings is 1. The van der Waals surface area contributed by atoms with Gasteiger partial charge in [-0.05, 0) is 39.3 Å². The highest BCUT2D eigenvalue weighted by molar-refractivity contribution is 6.02. The minimum Gasteiger partial charge on any atom is -0.464 e. The summed E-state index contributed by atoms with van der Waals surface area (Å²) in [5, 5.41) is 7.78. The molecule has 0 aliphatic heterocycles. The highest BCUT2D eigenvalue weighted by atomic mass is 16.5. The summed E-state index contributed by atoms with van der Waals surface area (Å²) in [5.74, 6) is -1.05. The molecule has 1 aromatic carbocycles. The van der Waals surface area contributed by atoms with Crippen molar-refractivity contribution in [3.05, 3.63) is 29.3 Å². The molecule has 0 N–H and O–H groups in total. The Kier molecular flexibility index (Phi) is 5.36. The van der Waals surface area contributed by atoms with Crippen molar-refractivity contribution in [2.75, 3.05) is 6.61 Å². The molecule has 5 nitrogen and oxygen atoms in total. The van der Waals surface area contributed by atoms with Crippen LogP contribution in [0.1, 0.15) is 25.0 Å². The maximum atomic E-state index is 11.5. The Bertz CT molecular complexity index is 509. The van der Waals surface area contributed by atoms with E-state index in [9.17, 15) is 9.59 Å². The van der Waals surface area contributed by atoms with Gasteiger partial charge in [-0.2, -0.15) is 10.2 Å². The molecule has 0 saturated heterocycles. The van der Waals surface area contributed by atoms with E-state index < -0.39 is 12.0 Å². The SMILES string of the molecule is CCOC(=O)C(N=Nc1ccc(C)cc1C)C(C)=O. The molecule has 0 amide bonds. The Labute approximate surface area is 112 Å². The minimum atomic E-state index is -1.18. The van der Waals surface area contributed by atoms with E-state index in [0.717, 1.165) is 11.1 Å². The van der Waals surface area contributed by atoms with Crippen LogP contribution in [0.4, 0.5) is 5.69 Å². The van der Waals surface area contributed by atoms with Crippen LogP contribution >= 0.6 is 0 Å². The predicted octanol–water partition coefficient (Wildman–Crippen LogP) is 2.91. The van der Waals surface area contributed by atoms with E-state index in [-0.39, 0.29) is 12.4 Å². The van der Waals surface area contributed by atoms with Gasteiger partial charge in [0, 0.05) is 0 Å². The zero-order valence-electron chi connectivity index (χ0n) is 11.6. The number of ketones is 1. The number of hydrogen-bond donors (Lipinski definition) is 0. The van der Waals surface area contributed by atoms with Gasteiger partial charge in [0.05, 0.1) is 12.3 Å². The molecular formula is C14H18N2O3. The molecule has 19 heavy (non-hydrogen) atoms. The van der Waals surface area contributed by atoms with E-state index in [4.69, 9.17) is 4.74 Å². The molecule has 0 radical (unpaired) electrons. The largest absolute Gasteiger partial charge is 0.464 e. The second-order valence-electron chi connectivity index (χ2n) is 4.27. The van der Waals surface area contributed by atoms with Gasteiger partial charge in [0.25, 0.3) is 0 Å². The van der Waals surface area contributed by atoms with E-state index in [1.165, 1.54) is 6.92 Å². The summed E-state index contributed by atoms with van der Waals surface area (Å²) >= 11 is 0. The molecule has 1 rings (SSSR count). The lowest BCUT2D eigenvalue weighted by Crippen LogP contribution is -2.28. The van der Waals surface area contributed by atoms with Gasteiger partial charge in [0.15, 0.2) is 5.78 Å². The highest BCUT2D eigenvalue weighted by Crippen LogP contribution is 2.20. The van der Waals surface area contributed by atoms with Gasteiger partial charge in [-0.1, -0.05) is 17.7 Å². The highest BCUT2D eigenvalue weighted by Gasteiger charge is 2.24. The Hall–Kier alpha value is -2.04. The van der Waals surface area contributed by atoms with Crippen molar-refractivity contribution in [3.8, 4) is 0 Å². The van der Waals surface area contributed by atoms with Crippen molar-refractivity contribution >= 4 is 17.4 Å². The Morgan fingerprint density at radius 3 is 2.53 bits per heavy atom. The predicted molar refractivity (Wildman–Crippen MR) is 71.5 cm³/mol. The summed E-state index contributed by atoms with van der Waals surface area (Å²) < 4.78 is 4.79. The van der Waals surface area contributed by atoms with Crippen LogP contribution < -0.4 is 0 Å². The summed E-state index contributed by atoms with van der Waals surface area (Å²) in [6, 6.07) is 4.48. The number of aryl methyl sites for hydroxylation is 2. The number of nitrogens with zero attached hydrogens (tertiary/aromatic N) is 2. The third-order valence-corrected chi connectivity index (χ3v) is 2.53. The fourth-order valence-corrected chi connectivity index (χ4v) is 1.55. The average molecular weight is 262 g/mol. The van der Waals surface area contributed by atoms with Crippen LogP contribution in [0, 0.1) is 13.8 Å². The summed E-state index contributed by atoms with van der Waals surface area (Å²) in [4.78, 5) is 22.9. The average Bonchev–Trinajstić information content (AvgIpc) is 2.31. The topological polar surface area (TPSA) is 68.1 Å². The number of ether oxygens (including phenoxy) is 1. The molecule has 102 valence electrons. The molecule has 0 heterocycles. The molecule has 0 fully saturated rings. The molecule has 1 unspecified atom stereocenters. The lowest BCUT2D eigenvalue weighted by Gasteiger charge is -2.07. The fraction of sp³-hybridized carbons (Fsp3) is 0.429. The second kappa shape index (κ2) is 6.78. The van der Waals surface area contributed by atoms with Crippen LogP contribution in [0.5, 0.6) is 0 Å². The molecule has 1 atom stereocenters. The van der Waals surface area contributed by atoms with Gasteiger partial charge in [0.2, 0.25) is 6.04 Å². The first-order valence-electron chi connectivity index (χ1n) is 6.11. The molecule has 0 aromatic heterocycles. The smallest absolute Gasteiger partial charge is 0.340 e. The summed E-state index contributed by atoms with van der Waals surface area (Å²) in [5.41, 5.74) is 2.70. The third kappa shape index (κ3) is 4.28. The van der Waals surface area contributed by atoms with Crippen molar-refractivity contribution < 1.29 is 14.3 Å². The molecule has 0 bridgehead atoms. The van der Waals surface area contributed by atoms with E-state index in [0.29, 0.717) is 5.69 Å². The maximum absolute atomic E-state index is 11.5. The molecule has 0 aliphatic carbocycles. The standard InChI is InChI=1S/C14H18N2O3/c1-5-19-14(18)13(11(4)17)16-15-12-7-6-9(2)8-10(12)3/h6-8,13H,5H2,1-4H3. The minimum absolute atomic E-state index is 0.210. The summed E-state index contributed by atoms with van der Waals surface area (Å²) in [7, 11) is 0. The van der Waals surface area contributed by atoms with Gasteiger partial charge >= 0.3 is 5.97 Å². The van der Waals surface area contributed by atoms with Crippen LogP contribution in [0.3, 0.4) is 0 Å². The lowest BCUT2D eigenvalue weighted by atomic mass is 10.1. The quantitative estimate of drug-likeness (QED) is 0.465. The van der Waals surface area contributed by atoms with Crippen LogP contribution in [-0.2, 0) is 14.3 Å². The van der Waals surface area contributed by atoms with Gasteiger partial charge in [-0.25, -0.2) is 4.79 Å². The first kappa shape index (κ1) is 15.0. The second-order valence-corrected chi connectivity index (χ2v) is 4.27. The van der Waals surface area contributed by atoms with Crippen molar-refractivity contribution in [1.29, 1.82) is 0 Å². The third-order valence-electron chi connectivity index (χ3n) is 2.53. The number of hydrogen-bond acceptors (Lipinski definition) is 5. The van der Waals surface area contributed by atoms with Gasteiger partial charge in [-0.15, -0.1) is 0 Å². The number of Topliss-reactive ketones (excluding diaryl/α,β-unsaturated/α-hetero) is 1. The number of carbonyl (C=O) groups is 2. The van der Waals surface area contributed by atoms with Gasteiger partial charge < -0.3 is 4.74 Å². The molecule has 0 aliphatic rings. The van der Waals surface area contributed by atoms with Gasteiger partial charge in [-0.3, -0.25) is 4.79 Å². The fourth-order valence-electron chi connectivity index (χ4n) is 1.55. The molecular weight excluding hydrogens is 244 g/mol. The summed E-state index contributed by atoms with van der Waals surface area (Å²) in [6.07, 6.45) is 0. The first-order valence-corrected chi connectivity index (χ1v) is 6.11. The van der Waals surface area contributed by atoms with Crippen LogP contribution in [0.15, 0.2) is 28.4 Å². The van der Waals surface area contributed by atoms with E-state index >= 15 is 0 Å². The van der Waals surface area contributed by atoms with Crippen LogP contribution in [0.2, 0.25) is 0 Å². The zero-order chi connectivity index (χ0) is 14.4. The Morgan fingerprint density at radius 2 is 2.00 bits per heavy atom. The molecule has 5 heteroatoms. The molecule has 1 aromatic rings. The van der Waals surface area contributed by atoms with Crippen molar-refractivity contribution in [1.82, 2.24) is 0 Å². The number of esters is 1. The lowest BCUT2D eigenvalue weighted by molar-refractivity contribution is -0.147. The number of carbonyl (C=O) groups excluding carboxylic acids is 2. The number of azo groups is 1. The first-order chi connectivity index (χ1) is 8.95. The maximum Gasteiger partial charge on any atom is 0.340 e. The monoisotopic (exact) mass is 262 g/mol. The van der Waals surface area contributed by atoms with Crippen LogP contribution in [-0.4, -0.2) is 24.4 Å². The Balaban J connectivity index is 2.92. The van der Waals surface area contributed by atoms with Crippen molar-refractivity contribution in [2.24, 2.45) is 10.2 Å². The Morgan fingerprint density at radius 1 is 1.32 bits per heavy atom. The van der Waals surface area contributed by atoms with E-state index in [1.807, 2.05) is 26.0 Å². The van der Waals surface area contributed by atoms with Crippen molar-refractivity contribution in [3.63, 3.8) is 0 Å². The van der Waals surface area contributed by atoms with Gasteiger partial charge in [0.1, 0.15) is 0 Å². The zero-order valence-corrected chi connectivity index (χ0v) is 11.6. The van der Waals surface area contributed by atoms with Crippen molar-refractivity contribution in [2.45, 2.75) is 33.7 Å². The molecule has 0 saturated carbocycles.